The van der Waals surface area contributed by atoms with Crippen molar-refractivity contribution in [2.24, 2.45) is 0 Å². The third-order valence-corrected chi connectivity index (χ3v) is 1.80. The minimum absolute atomic E-state index is 0.128. The predicted octanol–water partition coefficient (Wildman–Crippen LogP) is -1.50. The molecule has 2 atom stereocenters. The van der Waals surface area contributed by atoms with Gasteiger partial charge in [0.05, 0.1) is 6.04 Å². The zero-order chi connectivity index (χ0) is 8.27. The highest BCUT2D eigenvalue weighted by Gasteiger charge is 2.23. The van der Waals surface area contributed by atoms with Crippen molar-refractivity contribution in [3.63, 3.8) is 0 Å². The van der Waals surface area contributed by atoms with Gasteiger partial charge in [-0.3, -0.25) is 4.79 Å². The lowest BCUT2D eigenvalue weighted by molar-refractivity contribution is -0.128. The summed E-state index contributed by atoms with van der Waals surface area (Å²) in [5, 5.41) is 15.1. The van der Waals surface area contributed by atoms with Crippen molar-refractivity contribution in [1.82, 2.24) is 10.6 Å². The van der Waals surface area contributed by atoms with Gasteiger partial charge < -0.3 is 15.7 Å². The summed E-state index contributed by atoms with van der Waals surface area (Å²) in [6.45, 7) is 3.81. The topological polar surface area (TPSA) is 61.4 Å². The summed E-state index contributed by atoms with van der Waals surface area (Å²) in [6, 6.07) is -0.205. The van der Waals surface area contributed by atoms with Crippen LogP contribution >= 0.6 is 0 Å². The van der Waals surface area contributed by atoms with Gasteiger partial charge in [-0.15, -0.1) is 0 Å². The van der Waals surface area contributed by atoms with E-state index in [4.69, 9.17) is 5.11 Å². The quantitative estimate of drug-likeness (QED) is 0.457. The van der Waals surface area contributed by atoms with Crippen molar-refractivity contribution in [2.45, 2.75) is 19.1 Å². The van der Waals surface area contributed by atoms with E-state index in [-0.39, 0.29) is 11.8 Å². The highest BCUT2D eigenvalue weighted by Crippen LogP contribution is 1.93. The molecule has 0 aromatic rings. The molecule has 0 aliphatic carbocycles. The largest absolute Gasteiger partial charge is 0.386 e. The lowest BCUT2D eigenvalue weighted by atomic mass is 10.1. The Morgan fingerprint density at radius 2 is 2.36 bits per heavy atom. The van der Waals surface area contributed by atoms with Gasteiger partial charge in [0.15, 0.2) is 5.78 Å². The van der Waals surface area contributed by atoms with Crippen molar-refractivity contribution in [2.75, 3.05) is 19.6 Å². The third-order valence-electron chi connectivity index (χ3n) is 1.80. The average Bonchev–Trinajstić information content (AvgIpc) is 2.05. The first-order valence-corrected chi connectivity index (χ1v) is 3.87. The molecule has 3 N–H and O–H groups in total. The van der Waals surface area contributed by atoms with Gasteiger partial charge in [-0.2, -0.15) is 0 Å². The van der Waals surface area contributed by atoms with Gasteiger partial charge in [0.25, 0.3) is 0 Å². The summed E-state index contributed by atoms with van der Waals surface area (Å²) >= 11 is 0. The molecular weight excluding hydrogens is 144 g/mol. The van der Waals surface area contributed by atoms with Crippen LogP contribution in [-0.2, 0) is 4.79 Å². The van der Waals surface area contributed by atoms with Crippen LogP contribution in [0.1, 0.15) is 6.92 Å². The van der Waals surface area contributed by atoms with Crippen molar-refractivity contribution in [1.29, 1.82) is 0 Å². The Hall–Kier alpha value is -0.450. The Labute approximate surface area is 66.0 Å². The average molecular weight is 158 g/mol. The number of nitrogens with one attached hydrogen (secondary N) is 2. The molecule has 64 valence electrons. The van der Waals surface area contributed by atoms with Crippen molar-refractivity contribution >= 4 is 5.78 Å². The summed E-state index contributed by atoms with van der Waals surface area (Å²) < 4.78 is 0. The van der Waals surface area contributed by atoms with Crippen LogP contribution in [0, 0.1) is 0 Å². The molecule has 0 aromatic heterocycles. The number of carbonyl (C=O) groups excluding carboxylic acids is 1. The van der Waals surface area contributed by atoms with Crippen LogP contribution in [0.3, 0.4) is 0 Å². The minimum atomic E-state index is -0.854. The van der Waals surface area contributed by atoms with E-state index in [1.807, 2.05) is 0 Å². The molecule has 4 nitrogen and oxygen atoms in total. The molecule has 0 spiro atoms. The second-order valence-electron chi connectivity index (χ2n) is 2.79. The summed E-state index contributed by atoms with van der Waals surface area (Å²) in [6.07, 6.45) is -0.854. The predicted molar refractivity (Wildman–Crippen MR) is 41.3 cm³/mol. The van der Waals surface area contributed by atoms with E-state index in [1.165, 1.54) is 6.92 Å². The Morgan fingerprint density at radius 1 is 1.64 bits per heavy atom. The fourth-order valence-electron chi connectivity index (χ4n) is 1.15. The van der Waals surface area contributed by atoms with Crippen LogP contribution in [0.15, 0.2) is 0 Å². The van der Waals surface area contributed by atoms with Crippen molar-refractivity contribution in [3.05, 3.63) is 0 Å². The molecule has 0 saturated carbocycles. The second-order valence-corrected chi connectivity index (χ2v) is 2.79. The maximum Gasteiger partial charge on any atom is 0.179 e. The van der Waals surface area contributed by atoms with Crippen molar-refractivity contribution in [3.8, 4) is 0 Å². The molecule has 1 fully saturated rings. The highest BCUT2D eigenvalue weighted by molar-refractivity contribution is 5.87. The number of aliphatic hydroxyl groups excluding tert-OH is 1. The number of piperazine rings is 1. The second kappa shape index (κ2) is 3.80. The monoisotopic (exact) mass is 158 g/mol. The third kappa shape index (κ3) is 2.25. The van der Waals surface area contributed by atoms with Crippen LogP contribution < -0.4 is 10.6 Å². The normalized spacial score (nSPS) is 28.0. The number of Topliss-reactive ketones (excluding diaryl/α,β-unsaturated/α-hetero) is 1. The van der Waals surface area contributed by atoms with E-state index in [0.717, 1.165) is 13.1 Å². The molecule has 0 bridgehead atoms. The maximum atomic E-state index is 11.1. The van der Waals surface area contributed by atoms with E-state index < -0.39 is 6.10 Å². The molecule has 0 aromatic carbocycles. The van der Waals surface area contributed by atoms with Crippen LogP contribution in [-0.4, -0.2) is 42.7 Å². The van der Waals surface area contributed by atoms with Gasteiger partial charge in [0, 0.05) is 19.6 Å². The number of hydrogen-bond acceptors (Lipinski definition) is 4. The molecule has 1 heterocycles. The maximum absolute atomic E-state index is 11.1. The van der Waals surface area contributed by atoms with Gasteiger partial charge in [0.1, 0.15) is 6.10 Å². The molecule has 1 rings (SSSR count). The highest BCUT2D eigenvalue weighted by atomic mass is 16.3. The van der Waals surface area contributed by atoms with E-state index in [0.29, 0.717) is 6.54 Å². The minimum Gasteiger partial charge on any atom is -0.386 e. The first-order valence-electron chi connectivity index (χ1n) is 3.87. The Bertz CT molecular complexity index is 141. The zero-order valence-electron chi connectivity index (χ0n) is 6.63. The molecule has 11 heavy (non-hydrogen) atoms. The molecule has 1 aliphatic rings. The van der Waals surface area contributed by atoms with Gasteiger partial charge in [-0.1, -0.05) is 0 Å². The number of hydrogen-bond donors (Lipinski definition) is 3. The number of ketones is 1. The molecule has 4 heteroatoms. The standard InChI is InChI=1S/C7H14N2O2/c1-5(10)7(11)6-4-8-2-3-9-6/h5-6,8-10H,2-4H2,1H3/t5-,6-/m0/s1. The smallest absolute Gasteiger partial charge is 0.179 e. The first-order chi connectivity index (χ1) is 5.22. The van der Waals surface area contributed by atoms with Gasteiger partial charge in [0.2, 0.25) is 0 Å². The molecule has 1 aliphatic heterocycles. The summed E-state index contributed by atoms with van der Waals surface area (Å²) in [5.41, 5.74) is 0. The van der Waals surface area contributed by atoms with E-state index in [9.17, 15) is 4.79 Å². The number of rotatable bonds is 2. The van der Waals surface area contributed by atoms with Crippen LogP contribution in [0.2, 0.25) is 0 Å². The fourth-order valence-corrected chi connectivity index (χ4v) is 1.15. The number of aliphatic hydroxyl groups is 1. The Morgan fingerprint density at radius 3 is 2.82 bits per heavy atom. The SMILES string of the molecule is C[C@H](O)C(=O)[C@@H]1CNCCN1. The molecule has 0 radical (unpaired) electrons. The fraction of sp³-hybridized carbons (Fsp3) is 0.857. The van der Waals surface area contributed by atoms with Crippen molar-refractivity contribution < 1.29 is 9.90 Å². The van der Waals surface area contributed by atoms with Crippen LogP contribution in [0.5, 0.6) is 0 Å². The lowest BCUT2D eigenvalue weighted by Gasteiger charge is -2.24. The van der Waals surface area contributed by atoms with Gasteiger partial charge in [-0.25, -0.2) is 0 Å². The summed E-state index contributed by atoms with van der Waals surface area (Å²) in [5.74, 6) is -0.128. The molecule has 0 amide bonds. The van der Waals surface area contributed by atoms with Crippen LogP contribution in [0.25, 0.3) is 0 Å². The number of carbonyl (C=O) groups is 1. The van der Waals surface area contributed by atoms with E-state index in [2.05, 4.69) is 10.6 Å². The first kappa shape index (κ1) is 8.64. The summed E-state index contributed by atoms with van der Waals surface area (Å²) in [7, 11) is 0. The lowest BCUT2D eigenvalue weighted by Crippen LogP contribution is -2.54. The molecular formula is C7H14N2O2. The zero-order valence-corrected chi connectivity index (χ0v) is 6.63. The summed E-state index contributed by atoms with van der Waals surface area (Å²) in [4.78, 5) is 11.1. The van der Waals surface area contributed by atoms with Gasteiger partial charge in [-0.05, 0) is 6.92 Å². The Balaban J connectivity index is 2.39. The van der Waals surface area contributed by atoms with E-state index in [1.54, 1.807) is 0 Å². The van der Waals surface area contributed by atoms with E-state index >= 15 is 0 Å². The van der Waals surface area contributed by atoms with Crippen LogP contribution in [0.4, 0.5) is 0 Å². The Kier molecular flexibility index (Phi) is 2.99. The van der Waals surface area contributed by atoms with Gasteiger partial charge >= 0.3 is 0 Å². The molecule has 1 saturated heterocycles. The molecule has 0 unspecified atom stereocenters.